The minimum absolute atomic E-state index is 0.0657. The number of fused-ring (bicyclic) bond motifs is 1. The number of carbonyl (C=O) groups is 2. The van der Waals surface area contributed by atoms with Gasteiger partial charge in [-0.05, 0) is 30.2 Å². The molecule has 1 aliphatic heterocycles. The Labute approximate surface area is 163 Å². The van der Waals surface area contributed by atoms with Gasteiger partial charge in [-0.3, -0.25) is 9.59 Å². The summed E-state index contributed by atoms with van der Waals surface area (Å²) in [5.41, 5.74) is 1.45. The van der Waals surface area contributed by atoms with Gasteiger partial charge in [0.2, 0.25) is 11.8 Å². The van der Waals surface area contributed by atoms with Crippen molar-refractivity contribution in [2.24, 2.45) is 5.92 Å². The number of aromatic nitrogens is 2. The largest absolute Gasteiger partial charge is 0.351 e. The van der Waals surface area contributed by atoms with E-state index in [1.54, 1.807) is 18.5 Å². The first-order valence-electron chi connectivity index (χ1n) is 8.59. The lowest BCUT2D eigenvalue weighted by molar-refractivity contribution is -0.132. The van der Waals surface area contributed by atoms with Crippen molar-refractivity contribution in [3.8, 4) is 0 Å². The maximum absolute atomic E-state index is 13.2. The molecule has 0 aliphatic carbocycles. The summed E-state index contributed by atoms with van der Waals surface area (Å²) in [6.45, 7) is 0.296. The van der Waals surface area contributed by atoms with Gasteiger partial charge in [-0.2, -0.15) is 0 Å². The SMILES string of the molecule is O=C(NCc1cc(F)cc(F)c1)C1CCN(c2cnc3[nH]cc(Cl)c3c2)C1=O. The van der Waals surface area contributed by atoms with Crippen LogP contribution in [0.25, 0.3) is 11.0 Å². The molecule has 28 heavy (non-hydrogen) atoms. The Bertz CT molecular complexity index is 1060. The Morgan fingerprint density at radius 2 is 2.04 bits per heavy atom. The van der Waals surface area contributed by atoms with Crippen molar-refractivity contribution in [3.63, 3.8) is 0 Å². The molecule has 1 unspecified atom stereocenters. The first kappa shape index (κ1) is 18.4. The maximum atomic E-state index is 13.2. The van der Waals surface area contributed by atoms with Crippen LogP contribution in [0.3, 0.4) is 0 Å². The van der Waals surface area contributed by atoms with Crippen LogP contribution in [-0.4, -0.2) is 28.3 Å². The zero-order valence-corrected chi connectivity index (χ0v) is 15.3. The highest BCUT2D eigenvalue weighted by Crippen LogP contribution is 2.30. The number of benzene rings is 1. The minimum Gasteiger partial charge on any atom is -0.351 e. The fourth-order valence-corrected chi connectivity index (χ4v) is 3.51. The molecule has 1 fully saturated rings. The van der Waals surface area contributed by atoms with Crippen LogP contribution in [0, 0.1) is 17.6 Å². The summed E-state index contributed by atoms with van der Waals surface area (Å²) < 4.78 is 26.5. The van der Waals surface area contributed by atoms with Crippen molar-refractivity contribution < 1.29 is 18.4 Å². The van der Waals surface area contributed by atoms with Crippen LogP contribution >= 0.6 is 11.6 Å². The maximum Gasteiger partial charge on any atom is 0.239 e. The Morgan fingerprint density at radius 1 is 1.29 bits per heavy atom. The molecular formula is C19H15ClF2N4O2. The van der Waals surface area contributed by atoms with Gasteiger partial charge < -0.3 is 15.2 Å². The van der Waals surface area contributed by atoms with Gasteiger partial charge in [-0.1, -0.05) is 11.6 Å². The highest BCUT2D eigenvalue weighted by Gasteiger charge is 2.37. The molecule has 1 atom stereocenters. The normalized spacial score (nSPS) is 16.8. The van der Waals surface area contributed by atoms with Crippen LogP contribution in [0.2, 0.25) is 5.02 Å². The van der Waals surface area contributed by atoms with Crippen molar-refractivity contribution in [3.05, 3.63) is 58.9 Å². The second kappa shape index (κ2) is 7.20. The molecule has 0 radical (unpaired) electrons. The van der Waals surface area contributed by atoms with E-state index < -0.39 is 23.5 Å². The molecule has 2 aromatic heterocycles. The molecule has 4 rings (SSSR count). The summed E-state index contributed by atoms with van der Waals surface area (Å²) in [5, 5.41) is 3.75. The Balaban J connectivity index is 1.45. The molecule has 144 valence electrons. The highest BCUT2D eigenvalue weighted by molar-refractivity contribution is 6.35. The van der Waals surface area contributed by atoms with Crippen molar-refractivity contribution >= 4 is 40.1 Å². The van der Waals surface area contributed by atoms with E-state index in [1.807, 2.05) is 0 Å². The quantitative estimate of drug-likeness (QED) is 0.656. The van der Waals surface area contributed by atoms with Gasteiger partial charge in [-0.15, -0.1) is 0 Å². The third-order valence-electron chi connectivity index (χ3n) is 4.69. The smallest absolute Gasteiger partial charge is 0.239 e. The number of amides is 2. The number of anilines is 1. The Kier molecular flexibility index (Phi) is 4.72. The second-order valence-corrected chi connectivity index (χ2v) is 6.96. The van der Waals surface area contributed by atoms with Gasteiger partial charge in [-0.25, -0.2) is 13.8 Å². The second-order valence-electron chi connectivity index (χ2n) is 6.55. The van der Waals surface area contributed by atoms with Gasteiger partial charge in [0.15, 0.2) is 0 Å². The molecule has 2 amide bonds. The number of H-pyrrole nitrogens is 1. The van der Waals surface area contributed by atoms with Crippen LogP contribution in [0.15, 0.2) is 36.7 Å². The topological polar surface area (TPSA) is 78.1 Å². The Hall–Kier alpha value is -3.00. The van der Waals surface area contributed by atoms with Gasteiger partial charge in [0.25, 0.3) is 0 Å². The lowest BCUT2D eigenvalue weighted by Crippen LogP contribution is -2.36. The summed E-state index contributed by atoms with van der Waals surface area (Å²) >= 11 is 6.10. The molecule has 0 saturated carbocycles. The summed E-state index contributed by atoms with van der Waals surface area (Å²) in [5.74, 6) is -3.14. The van der Waals surface area contributed by atoms with Gasteiger partial charge in [0.1, 0.15) is 23.2 Å². The van der Waals surface area contributed by atoms with Crippen LogP contribution in [-0.2, 0) is 16.1 Å². The van der Waals surface area contributed by atoms with Crippen LogP contribution in [0.4, 0.5) is 14.5 Å². The molecule has 1 aromatic carbocycles. The van der Waals surface area contributed by atoms with Crippen molar-refractivity contribution in [1.29, 1.82) is 0 Å². The number of hydrogen-bond acceptors (Lipinski definition) is 3. The van der Waals surface area contributed by atoms with Crippen molar-refractivity contribution in [1.82, 2.24) is 15.3 Å². The van der Waals surface area contributed by atoms with Crippen LogP contribution in [0.5, 0.6) is 0 Å². The van der Waals surface area contributed by atoms with Gasteiger partial charge >= 0.3 is 0 Å². The van der Waals surface area contributed by atoms with Gasteiger partial charge in [0, 0.05) is 30.7 Å². The monoisotopic (exact) mass is 404 g/mol. The first-order valence-corrected chi connectivity index (χ1v) is 8.97. The zero-order valence-electron chi connectivity index (χ0n) is 14.5. The number of hydrogen-bond donors (Lipinski definition) is 2. The van der Waals surface area contributed by atoms with E-state index in [9.17, 15) is 18.4 Å². The lowest BCUT2D eigenvalue weighted by Gasteiger charge is -2.16. The molecule has 1 saturated heterocycles. The van der Waals surface area contributed by atoms with Crippen molar-refractivity contribution in [2.45, 2.75) is 13.0 Å². The number of carbonyl (C=O) groups excluding carboxylic acids is 2. The van der Waals surface area contributed by atoms with Gasteiger partial charge in [0.05, 0.1) is 16.9 Å². The minimum atomic E-state index is -0.865. The molecule has 2 N–H and O–H groups in total. The predicted molar refractivity (Wildman–Crippen MR) is 99.8 cm³/mol. The average Bonchev–Trinajstić information content (AvgIpc) is 3.22. The molecular weight excluding hydrogens is 390 g/mol. The average molecular weight is 405 g/mol. The number of nitrogens with one attached hydrogen (secondary N) is 2. The molecule has 0 spiro atoms. The van der Waals surface area contributed by atoms with E-state index in [1.165, 1.54) is 4.90 Å². The predicted octanol–water partition coefficient (Wildman–Crippen LogP) is 3.16. The van der Waals surface area contributed by atoms with Crippen molar-refractivity contribution in [2.75, 3.05) is 11.4 Å². The molecule has 0 bridgehead atoms. The van der Waals surface area contributed by atoms with Crippen LogP contribution < -0.4 is 10.2 Å². The fourth-order valence-electron chi connectivity index (χ4n) is 3.31. The molecule has 9 heteroatoms. The Morgan fingerprint density at radius 3 is 2.79 bits per heavy atom. The van der Waals surface area contributed by atoms with E-state index in [0.717, 1.165) is 18.2 Å². The molecule has 3 aromatic rings. The molecule has 3 heterocycles. The third-order valence-corrected chi connectivity index (χ3v) is 5.00. The fraction of sp³-hybridized carbons (Fsp3) is 0.211. The number of pyridine rings is 1. The molecule has 1 aliphatic rings. The number of aromatic amines is 1. The number of rotatable bonds is 4. The third kappa shape index (κ3) is 3.43. The lowest BCUT2D eigenvalue weighted by atomic mass is 10.1. The van der Waals surface area contributed by atoms with E-state index in [0.29, 0.717) is 34.7 Å². The van der Waals surface area contributed by atoms with E-state index in [-0.39, 0.29) is 18.0 Å². The van der Waals surface area contributed by atoms with E-state index >= 15 is 0 Å². The zero-order chi connectivity index (χ0) is 19.8. The number of nitrogens with zero attached hydrogens (tertiary/aromatic N) is 2. The first-order chi connectivity index (χ1) is 13.4. The summed E-state index contributed by atoms with van der Waals surface area (Å²) in [4.78, 5) is 33.8. The van der Waals surface area contributed by atoms with E-state index in [2.05, 4.69) is 15.3 Å². The standard InChI is InChI=1S/C19H15ClF2N4O2/c20-16-9-24-17-15(16)6-13(8-23-17)26-2-1-14(19(26)28)18(27)25-7-10-3-11(21)5-12(22)4-10/h3-6,8-9,14H,1-2,7H2,(H,23,24)(H,25,27). The summed E-state index contributed by atoms with van der Waals surface area (Å²) in [6, 6.07) is 4.77. The van der Waals surface area contributed by atoms with E-state index in [4.69, 9.17) is 11.6 Å². The summed E-state index contributed by atoms with van der Waals surface area (Å²) in [7, 11) is 0. The van der Waals surface area contributed by atoms with Crippen LogP contribution in [0.1, 0.15) is 12.0 Å². The highest BCUT2D eigenvalue weighted by atomic mass is 35.5. The molecule has 6 nitrogen and oxygen atoms in total. The number of halogens is 3. The summed E-state index contributed by atoms with van der Waals surface area (Å²) in [6.07, 6.45) is 3.49.